The van der Waals surface area contributed by atoms with E-state index in [0.717, 1.165) is 31.2 Å². The van der Waals surface area contributed by atoms with E-state index in [0.29, 0.717) is 24.2 Å². The summed E-state index contributed by atoms with van der Waals surface area (Å²) in [5.41, 5.74) is 0. The highest BCUT2D eigenvalue weighted by atomic mass is 32.2. The molecule has 0 aliphatic rings. The average Bonchev–Trinajstić information content (AvgIpc) is 2.77. The van der Waals surface area contributed by atoms with Crippen LogP contribution in [0.15, 0.2) is 0 Å². The van der Waals surface area contributed by atoms with Crippen LogP contribution in [0.25, 0.3) is 0 Å². The quantitative estimate of drug-likeness (QED) is 0.0738. The molecule has 0 unspecified atom stereocenters. The second kappa shape index (κ2) is 24.5. The first-order chi connectivity index (χ1) is 15.6. The SMILES string of the molecule is CCCCCCCCCCCCCCCOC(=S)SCCC[Si](OCC)(OCC)OCC. The highest BCUT2D eigenvalue weighted by Crippen LogP contribution is 2.21. The summed E-state index contributed by atoms with van der Waals surface area (Å²) in [5.74, 6) is 0.916. The molecule has 0 aromatic rings. The topological polar surface area (TPSA) is 36.9 Å². The van der Waals surface area contributed by atoms with E-state index in [9.17, 15) is 0 Å². The zero-order valence-corrected chi connectivity index (χ0v) is 24.2. The summed E-state index contributed by atoms with van der Waals surface area (Å²) in [7, 11) is -2.53. The summed E-state index contributed by atoms with van der Waals surface area (Å²) in [6.07, 6.45) is 18.7. The maximum absolute atomic E-state index is 5.90. The van der Waals surface area contributed by atoms with Crippen LogP contribution in [0.3, 0.4) is 0 Å². The van der Waals surface area contributed by atoms with Gasteiger partial charge in [-0.1, -0.05) is 95.7 Å². The van der Waals surface area contributed by atoms with Crippen LogP contribution < -0.4 is 0 Å². The van der Waals surface area contributed by atoms with Gasteiger partial charge in [-0.25, -0.2) is 0 Å². The molecule has 0 radical (unpaired) electrons. The molecule has 0 atom stereocenters. The lowest BCUT2D eigenvalue weighted by Gasteiger charge is -2.28. The van der Waals surface area contributed by atoms with Gasteiger partial charge >= 0.3 is 8.80 Å². The third-order valence-corrected chi connectivity index (χ3v) is 9.88. The molecule has 4 nitrogen and oxygen atoms in total. The van der Waals surface area contributed by atoms with E-state index < -0.39 is 8.80 Å². The summed E-state index contributed by atoms with van der Waals surface area (Å²) >= 11 is 6.99. The van der Waals surface area contributed by atoms with Gasteiger partial charge in [-0.3, -0.25) is 0 Å². The molecule has 0 N–H and O–H groups in total. The molecule has 0 saturated heterocycles. The van der Waals surface area contributed by atoms with Crippen LogP contribution in [0.5, 0.6) is 0 Å². The van der Waals surface area contributed by atoms with Crippen molar-refractivity contribution in [2.75, 3.05) is 32.2 Å². The number of thiocarbonyl (C=S) groups is 1. The van der Waals surface area contributed by atoms with Crippen LogP contribution in [-0.2, 0) is 18.0 Å². The van der Waals surface area contributed by atoms with Gasteiger partial charge in [-0.2, -0.15) is 0 Å². The number of ether oxygens (including phenoxy) is 1. The van der Waals surface area contributed by atoms with Gasteiger partial charge in [0, 0.05) is 31.6 Å². The van der Waals surface area contributed by atoms with Crippen LogP contribution >= 0.6 is 24.0 Å². The zero-order chi connectivity index (χ0) is 23.8. The first-order valence-corrected chi connectivity index (χ1v) is 16.7. The van der Waals surface area contributed by atoms with Crippen molar-refractivity contribution in [3.63, 3.8) is 0 Å². The second-order valence-corrected chi connectivity index (χ2v) is 12.7. The largest absolute Gasteiger partial charge is 0.500 e. The highest BCUT2D eigenvalue weighted by Gasteiger charge is 2.39. The molecule has 0 aliphatic heterocycles. The summed E-state index contributed by atoms with van der Waals surface area (Å²) in [4.78, 5) is 0. The Kier molecular flexibility index (Phi) is 24.7. The Bertz CT molecular complexity index is 396. The van der Waals surface area contributed by atoms with E-state index in [-0.39, 0.29) is 0 Å². The number of unbranched alkanes of at least 4 members (excludes halogenated alkanes) is 12. The molecule has 0 fully saturated rings. The minimum absolute atomic E-state index is 0.625. The number of rotatable bonds is 24. The minimum Gasteiger partial charge on any atom is -0.479 e. The normalized spacial score (nSPS) is 11.8. The summed E-state index contributed by atoms with van der Waals surface area (Å²) < 4.78 is 24.1. The molecule has 0 bridgehead atoms. The Morgan fingerprint density at radius 1 is 0.625 bits per heavy atom. The van der Waals surface area contributed by atoms with Gasteiger partial charge in [-0.05, 0) is 45.8 Å². The van der Waals surface area contributed by atoms with Crippen molar-refractivity contribution < 1.29 is 18.0 Å². The summed E-state index contributed by atoms with van der Waals surface area (Å²) in [6.45, 7) is 10.9. The van der Waals surface area contributed by atoms with Crippen LogP contribution in [0.2, 0.25) is 6.04 Å². The third kappa shape index (κ3) is 19.8. The van der Waals surface area contributed by atoms with Crippen molar-refractivity contribution in [1.82, 2.24) is 0 Å². The van der Waals surface area contributed by atoms with Gasteiger partial charge in [-0.15, -0.1) is 0 Å². The van der Waals surface area contributed by atoms with Crippen LogP contribution in [0.4, 0.5) is 0 Å². The van der Waals surface area contributed by atoms with E-state index in [2.05, 4.69) is 6.92 Å². The van der Waals surface area contributed by atoms with Crippen molar-refractivity contribution >= 4 is 37.2 Å². The van der Waals surface area contributed by atoms with Crippen molar-refractivity contribution in [3.8, 4) is 0 Å². The summed E-state index contributed by atoms with van der Waals surface area (Å²) in [6, 6.07) is 0.830. The molecule has 32 heavy (non-hydrogen) atoms. The van der Waals surface area contributed by atoms with Crippen molar-refractivity contribution in [3.05, 3.63) is 0 Å². The predicted octanol–water partition coefficient (Wildman–Crippen LogP) is 8.55. The Balaban J connectivity index is 3.56. The van der Waals surface area contributed by atoms with E-state index in [1.807, 2.05) is 20.8 Å². The lowest BCUT2D eigenvalue weighted by atomic mass is 10.0. The van der Waals surface area contributed by atoms with Crippen LogP contribution in [0.1, 0.15) is 118 Å². The molecule has 0 aromatic carbocycles. The fourth-order valence-corrected chi connectivity index (χ4v) is 7.59. The molecule has 0 amide bonds. The highest BCUT2D eigenvalue weighted by molar-refractivity contribution is 8.22. The lowest BCUT2D eigenvalue weighted by Crippen LogP contribution is -2.46. The van der Waals surface area contributed by atoms with Crippen LogP contribution in [-0.4, -0.2) is 45.4 Å². The second-order valence-electron chi connectivity index (χ2n) is 8.28. The maximum atomic E-state index is 5.90. The third-order valence-electron chi connectivity index (χ3n) is 5.41. The van der Waals surface area contributed by atoms with Gasteiger partial charge in [0.25, 0.3) is 0 Å². The Hall–Kier alpha value is 0.337. The lowest BCUT2D eigenvalue weighted by molar-refractivity contribution is 0.0712. The average molecular weight is 509 g/mol. The molecule has 0 aliphatic carbocycles. The Morgan fingerprint density at radius 3 is 1.50 bits per heavy atom. The first kappa shape index (κ1) is 32.3. The number of thioether (sulfide) groups is 1. The molecular weight excluding hydrogens is 456 g/mol. The monoisotopic (exact) mass is 508 g/mol. The summed E-state index contributed by atoms with van der Waals surface area (Å²) in [5, 5.41) is 0. The van der Waals surface area contributed by atoms with Crippen molar-refractivity contribution in [1.29, 1.82) is 0 Å². The fourth-order valence-electron chi connectivity index (χ4n) is 3.76. The molecule has 0 rings (SSSR count). The fraction of sp³-hybridized carbons (Fsp3) is 0.960. The Morgan fingerprint density at radius 2 is 1.06 bits per heavy atom. The first-order valence-electron chi connectivity index (χ1n) is 13.4. The van der Waals surface area contributed by atoms with Gasteiger partial charge in [0.15, 0.2) is 0 Å². The van der Waals surface area contributed by atoms with E-state index in [1.54, 1.807) is 11.8 Å². The molecule has 0 aromatic heterocycles. The van der Waals surface area contributed by atoms with Crippen LogP contribution in [0, 0.1) is 0 Å². The molecule has 0 heterocycles. The number of hydrogen-bond acceptors (Lipinski definition) is 6. The minimum atomic E-state index is -2.53. The van der Waals surface area contributed by atoms with Gasteiger partial charge in [0.05, 0.1) is 6.61 Å². The van der Waals surface area contributed by atoms with Gasteiger partial charge in [0.1, 0.15) is 0 Å². The molecule has 192 valence electrons. The van der Waals surface area contributed by atoms with Gasteiger partial charge in [0.2, 0.25) is 4.38 Å². The van der Waals surface area contributed by atoms with Crippen molar-refractivity contribution in [2.45, 2.75) is 124 Å². The zero-order valence-electron chi connectivity index (χ0n) is 21.6. The molecule has 0 saturated carbocycles. The molecular formula is C25H52O4S2Si. The van der Waals surface area contributed by atoms with E-state index in [4.69, 9.17) is 30.2 Å². The standard InChI is InChI=1S/C25H52O4S2Si/c1-5-9-10-11-12-13-14-15-16-17-18-19-20-22-26-25(30)31-23-21-24-32(27-6-2,28-7-3)29-8-4/h5-24H2,1-4H3. The van der Waals surface area contributed by atoms with E-state index >= 15 is 0 Å². The van der Waals surface area contributed by atoms with Crippen molar-refractivity contribution in [2.24, 2.45) is 0 Å². The van der Waals surface area contributed by atoms with Gasteiger partial charge < -0.3 is 18.0 Å². The predicted molar refractivity (Wildman–Crippen MR) is 147 cm³/mol. The maximum Gasteiger partial charge on any atom is 0.500 e. The number of hydrogen-bond donors (Lipinski definition) is 0. The Labute approximate surface area is 210 Å². The van der Waals surface area contributed by atoms with E-state index in [1.165, 1.54) is 77.0 Å². The molecule has 0 spiro atoms. The molecule has 7 heteroatoms. The smallest absolute Gasteiger partial charge is 0.479 e.